The van der Waals surface area contributed by atoms with Crippen molar-refractivity contribution in [2.45, 2.75) is 48.8 Å². The van der Waals surface area contributed by atoms with Crippen molar-refractivity contribution in [3.63, 3.8) is 0 Å². The van der Waals surface area contributed by atoms with Crippen LogP contribution in [0.1, 0.15) is 61.2 Å². The number of fused-ring (bicyclic) bond motifs is 1. The van der Waals surface area contributed by atoms with E-state index in [4.69, 9.17) is 0 Å². The number of hydrogen-bond donors (Lipinski definition) is 2. The largest absolute Gasteiger partial charge is 0.343 e. The van der Waals surface area contributed by atoms with Gasteiger partial charge in [-0.2, -0.15) is 5.10 Å². The normalized spacial score (nSPS) is 22.1. The fourth-order valence-electron chi connectivity index (χ4n) is 4.07. The van der Waals surface area contributed by atoms with Gasteiger partial charge in [-0.15, -0.1) is 0 Å². The number of rotatable bonds is 5. The van der Waals surface area contributed by atoms with Gasteiger partial charge in [-0.05, 0) is 37.8 Å². The van der Waals surface area contributed by atoms with E-state index in [2.05, 4.69) is 24.9 Å². The second-order valence-corrected chi connectivity index (χ2v) is 9.74. The first-order valence-electron chi connectivity index (χ1n) is 10.4. The summed E-state index contributed by atoms with van der Waals surface area (Å²) in [4.78, 5) is 23.6. The molecule has 1 aromatic carbocycles. The third-order valence-electron chi connectivity index (χ3n) is 5.96. The van der Waals surface area contributed by atoms with E-state index in [0.29, 0.717) is 36.3 Å². The summed E-state index contributed by atoms with van der Waals surface area (Å²) in [5.74, 6) is 3.10. The van der Waals surface area contributed by atoms with Gasteiger partial charge in [-0.25, -0.2) is 13.4 Å². The van der Waals surface area contributed by atoms with Crippen molar-refractivity contribution in [2.75, 3.05) is 19.6 Å². The quantitative estimate of drug-likeness (QED) is 0.748. The molecule has 10 heteroatoms. The van der Waals surface area contributed by atoms with Crippen LogP contribution in [0.2, 0.25) is 0 Å². The number of amidine groups is 1. The SMILES string of the molecule is O=C(CCN=C1NS(=O)(=O)c2ccccc21)N1CCC(c2nc(C3CC3)n[nH]2)CC1. The molecule has 30 heavy (non-hydrogen) atoms. The number of H-pyrrole nitrogens is 1. The third kappa shape index (κ3) is 3.71. The van der Waals surface area contributed by atoms with Gasteiger partial charge in [0.25, 0.3) is 10.0 Å². The molecule has 2 N–H and O–H groups in total. The van der Waals surface area contributed by atoms with Crippen LogP contribution < -0.4 is 4.72 Å². The number of hydrogen-bond acceptors (Lipinski definition) is 6. The van der Waals surface area contributed by atoms with Crippen LogP contribution in [0.4, 0.5) is 0 Å². The standard InChI is InChI=1S/C20H24N6O3S/c27-17(7-10-21-20-15-3-1-2-4-16(15)30(28,29)25-20)26-11-8-14(9-12-26)19-22-18(23-24-19)13-5-6-13/h1-4,13-14H,5-12H2,(H,21,25)(H,22,23,24). The molecule has 5 rings (SSSR count). The van der Waals surface area contributed by atoms with Gasteiger partial charge in [0.15, 0.2) is 5.82 Å². The van der Waals surface area contributed by atoms with Crippen molar-refractivity contribution in [1.82, 2.24) is 24.8 Å². The van der Waals surface area contributed by atoms with E-state index in [1.165, 1.54) is 12.8 Å². The maximum absolute atomic E-state index is 12.6. The molecule has 0 atom stereocenters. The molecular formula is C20H24N6O3S. The van der Waals surface area contributed by atoms with E-state index in [1.54, 1.807) is 24.3 Å². The molecule has 3 aliphatic rings. The fourth-order valence-corrected chi connectivity index (χ4v) is 5.32. The Labute approximate surface area is 175 Å². The van der Waals surface area contributed by atoms with Crippen molar-refractivity contribution in [2.24, 2.45) is 4.99 Å². The molecule has 9 nitrogen and oxygen atoms in total. The fraction of sp³-hybridized carbons (Fsp3) is 0.500. The number of aromatic nitrogens is 3. The molecule has 2 aromatic rings. The minimum atomic E-state index is -3.55. The van der Waals surface area contributed by atoms with E-state index >= 15 is 0 Å². The zero-order valence-corrected chi connectivity index (χ0v) is 17.4. The number of amides is 1. The van der Waals surface area contributed by atoms with Crippen LogP contribution in [-0.4, -0.2) is 59.9 Å². The Balaban J connectivity index is 1.14. The van der Waals surface area contributed by atoms with Gasteiger partial charge >= 0.3 is 0 Å². The number of nitrogens with one attached hydrogen (secondary N) is 2. The molecule has 1 saturated heterocycles. The van der Waals surface area contributed by atoms with Crippen LogP contribution in [0.3, 0.4) is 0 Å². The molecule has 2 fully saturated rings. The Morgan fingerprint density at radius 1 is 1.13 bits per heavy atom. The topological polar surface area (TPSA) is 120 Å². The number of carbonyl (C=O) groups is 1. The number of carbonyl (C=O) groups excluding carboxylic acids is 1. The zero-order valence-electron chi connectivity index (χ0n) is 16.5. The Morgan fingerprint density at radius 2 is 1.90 bits per heavy atom. The zero-order chi connectivity index (χ0) is 20.7. The lowest BCUT2D eigenvalue weighted by Crippen LogP contribution is -2.38. The lowest BCUT2D eigenvalue weighted by Gasteiger charge is -2.31. The average Bonchev–Trinajstić information content (AvgIpc) is 3.42. The van der Waals surface area contributed by atoms with E-state index in [9.17, 15) is 13.2 Å². The summed E-state index contributed by atoms with van der Waals surface area (Å²) in [6.45, 7) is 1.63. The van der Waals surface area contributed by atoms with Crippen molar-refractivity contribution >= 4 is 21.8 Å². The summed E-state index contributed by atoms with van der Waals surface area (Å²) in [6, 6.07) is 6.72. The van der Waals surface area contributed by atoms with Crippen molar-refractivity contribution in [1.29, 1.82) is 0 Å². The monoisotopic (exact) mass is 428 g/mol. The Morgan fingerprint density at radius 3 is 2.67 bits per heavy atom. The molecule has 158 valence electrons. The summed E-state index contributed by atoms with van der Waals surface area (Å²) in [5, 5.41) is 7.41. The Hall–Kier alpha value is -2.75. The molecular weight excluding hydrogens is 404 g/mol. The van der Waals surface area contributed by atoms with Gasteiger partial charge in [0.2, 0.25) is 5.91 Å². The first-order valence-corrected chi connectivity index (χ1v) is 11.9. The smallest absolute Gasteiger partial charge is 0.263 e. The molecule has 1 aromatic heterocycles. The van der Waals surface area contributed by atoms with Crippen molar-refractivity contribution < 1.29 is 13.2 Å². The number of likely N-dealkylation sites (tertiary alicyclic amines) is 1. The van der Waals surface area contributed by atoms with E-state index < -0.39 is 10.0 Å². The summed E-state index contributed by atoms with van der Waals surface area (Å²) in [7, 11) is -3.55. The molecule has 1 saturated carbocycles. The highest BCUT2D eigenvalue weighted by atomic mass is 32.2. The van der Waals surface area contributed by atoms with Gasteiger partial charge in [-0.1, -0.05) is 12.1 Å². The molecule has 0 unspecified atom stereocenters. The minimum absolute atomic E-state index is 0.0446. The molecule has 2 aliphatic heterocycles. The highest BCUT2D eigenvalue weighted by molar-refractivity contribution is 7.90. The van der Waals surface area contributed by atoms with E-state index in [1.807, 2.05) is 4.90 Å². The summed E-state index contributed by atoms with van der Waals surface area (Å²) < 4.78 is 26.7. The van der Waals surface area contributed by atoms with Crippen LogP contribution in [0.5, 0.6) is 0 Å². The van der Waals surface area contributed by atoms with Gasteiger partial charge in [0.1, 0.15) is 11.7 Å². The van der Waals surface area contributed by atoms with E-state index in [0.717, 1.165) is 24.5 Å². The lowest BCUT2D eigenvalue weighted by molar-refractivity contribution is -0.132. The minimum Gasteiger partial charge on any atom is -0.343 e. The van der Waals surface area contributed by atoms with Gasteiger partial charge in [0.05, 0.1) is 11.4 Å². The predicted octanol–water partition coefficient (Wildman–Crippen LogP) is 1.52. The number of aromatic amines is 1. The molecule has 1 aliphatic carbocycles. The first-order chi connectivity index (χ1) is 14.5. The van der Waals surface area contributed by atoms with Gasteiger partial charge in [0, 0.05) is 36.9 Å². The molecule has 0 spiro atoms. The summed E-state index contributed by atoms with van der Waals surface area (Å²) >= 11 is 0. The molecule has 3 heterocycles. The van der Waals surface area contributed by atoms with Crippen LogP contribution in [-0.2, 0) is 14.8 Å². The number of piperidine rings is 1. The average molecular weight is 429 g/mol. The van der Waals surface area contributed by atoms with Crippen LogP contribution >= 0.6 is 0 Å². The van der Waals surface area contributed by atoms with Crippen LogP contribution in [0, 0.1) is 0 Å². The summed E-state index contributed by atoms with van der Waals surface area (Å²) in [6.07, 6.45) is 4.36. The number of sulfonamides is 1. The maximum Gasteiger partial charge on any atom is 0.263 e. The predicted molar refractivity (Wildman–Crippen MR) is 110 cm³/mol. The Kier molecular flexibility index (Phi) is 4.80. The van der Waals surface area contributed by atoms with Crippen LogP contribution in [0.15, 0.2) is 34.2 Å². The van der Waals surface area contributed by atoms with Crippen molar-refractivity contribution in [3.8, 4) is 0 Å². The van der Waals surface area contributed by atoms with Crippen molar-refractivity contribution in [3.05, 3.63) is 41.5 Å². The molecule has 1 amide bonds. The second-order valence-electron chi connectivity index (χ2n) is 8.09. The maximum atomic E-state index is 12.6. The van der Waals surface area contributed by atoms with Gasteiger partial charge < -0.3 is 4.90 Å². The molecule has 0 radical (unpaired) electrons. The number of nitrogens with zero attached hydrogens (tertiary/aromatic N) is 4. The Bertz CT molecular complexity index is 1100. The van der Waals surface area contributed by atoms with E-state index in [-0.39, 0.29) is 23.8 Å². The van der Waals surface area contributed by atoms with Gasteiger partial charge in [-0.3, -0.25) is 19.6 Å². The third-order valence-corrected chi connectivity index (χ3v) is 7.35. The second kappa shape index (κ2) is 7.50. The highest BCUT2D eigenvalue weighted by Gasteiger charge is 2.31. The molecule has 0 bridgehead atoms. The number of aliphatic imine (C=N–C) groups is 1. The first kappa shape index (κ1) is 19.2. The lowest BCUT2D eigenvalue weighted by atomic mass is 9.96. The van der Waals surface area contributed by atoms with Crippen LogP contribution in [0.25, 0.3) is 0 Å². The summed E-state index contributed by atoms with van der Waals surface area (Å²) in [5.41, 5.74) is 0.559. The number of benzene rings is 1. The highest BCUT2D eigenvalue weighted by Crippen LogP contribution is 2.38.